The summed E-state index contributed by atoms with van der Waals surface area (Å²) in [6.07, 6.45) is -3.32. The Morgan fingerprint density at radius 1 is 1.07 bits per heavy atom. The molecule has 1 N–H and O–H groups in total. The first-order valence-corrected chi connectivity index (χ1v) is 8.69. The van der Waals surface area contributed by atoms with Crippen molar-refractivity contribution in [3.8, 4) is 22.8 Å². The summed E-state index contributed by atoms with van der Waals surface area (Å²) in [6.45, 7) is 0.783. The Morgan fingerprint density at radius 2 is 1.86 bits per heavy atom. The predicted molar refractivity (Wildman–Crippen MR) is 95.5 cm³/mol. The molecule has 1 aromatic heterocycles. The molecule has 1 aliphatic rings. The molecular formula is C20H15F3N2O4. The molecule has 3 aromatic rings. The van der Waals surface area contributed by atoms with E-state index in [1.165, 1.54) is 12.1 Å². The minimum Gasteiger partial charge on any atom is -0.486 e. The van der Waals surface area contributed by atoms with E-state index in [4.69, 9.17) is 13.9 Å². The first-order chi connectivity index (χ1) is 13.9. The van der Waals surface area contributed by atoms with Gasteiger partial charge in [0.1, 0.15) is 13.2 Å². The van der Waals surface area contributed by atoms with E-state index in [2.05, 4.69) is 10.3 Å². The Morgan fingerprint density at radius 3 is 2.66 bits per heavy atom. The molecule has 4 rings (SSSR count). The highest BCUT2D eigenvalue weighted by Crippen LogP contribution is 2.35. The van der Waals surface area contributed by atoms with Crippen LogP contribution in [0.3, 0.4) is 0 Å². The highest BCUT2D eigenvalue weighted by molar-refractivity contribution is 5.97. The second kappa shape index (κ2) is 7.50. The molecule has 0 saturated carbocycles. The van der Waals surface area contributed by atoms with Crippen molar-refractivity contribution in [2.45, 2.75) is 12.7 Å². The van der Waals surface area contributed by atoms with Crippen molar-refractivity contribution in [2.75, 3.05) is 13.2 Å². The van der Waals surface area contributed by atoms with Crippen molar-refractivity contribution in [3.63, 3.8) is 0 Å². The number of amides is 1. The van der Waals surface area contributed by atoms with Gasteiger partial charge in [-0.2, -0.15) is 13.2 Å². The third-order valence-corrected chi connectivity index (χ3v) is 4.29. The topological polar surface area (TPSA) is 73.6 Å². The minimum atomic E-state index is -4.45. The Kier molecular flexibility index (Phi) is 4.87. The highest BCUT2D eigenvalue weighted by Gasteiger charge is 2.30. The average Bonchev–Trinajstić information content (AvgIpc) is 3.21. The van der Waals surface area contributed by atoms with Crippen LogP contribution in [0.15, 0.2) is 53.3 Å². The van der Waals surface area contributed by atoms with E-state index in [9.17, 15) is 18.0 Å². The van der Waals surface area contributed by atoms with Gasteiger partial charge in [-0.3, -0.25) is 4.79 Å². The van der Waals surface area contributed by atoms with Gasteiger partial charge in [-0.05, 0) is 35.9 Å². The van der Waals surface area contributed by atoms with Crippen LogP contribution in [0.25, 0.3) is 11.3 Å². The zero-order chi connectivity index (χ0) is 20.4. The highest BCUT2D eigenvalue weighted by atomic mass is 19.4. The van der Waals surface area contributed by atoms with Gasteiger partial charge in [0.15, 0.2) is 29.3 Å². The molecule has 29 heavy (non-hydrogen) atoms. The number of alkyl halides is 3. The number of fused-ring (bicyclic) bond motifs is 1. The zero-order valence-electron chi connectivity index (χ0n) is 15.0. The normalized spacial score (nSPS) is 13.2. The number of rotatable bonds is 4. The van der Waals surface area contributed by atoms with Crippen molar-refractivity contribution in [1.29, 1.82) is 0 Å². The smallest absolute Gasteiger partial charge is 0.416 e. The molecule has 2 heterocycles. The number of nitrogens with zero attached hydrogens (tertiary/aromatic N) is 1. The summed E-state index contributed by atoms with van der Waals surface area (Å²) in [4.78, 5) is 16.5. The van der Waals surface area contributed by atoms with E-state index in [0.717, 1.165) is 18.5 Å². The third-order valence-electron chi connectivity index (χ3n) is 4.29. The fraction of sp³-hybridized carbons (Fsp3) is 0.200. The molecule has 0 bridgehead atoms. The molecule has 0 fully saturated rings. The van der Waals surface area contributed by atoms with Crippen LogP contribution >= 0.6 is 0 Å². The van der Waals surface area contributed by atoms with Gasteiger partial charge >= 0.3 is 6.18 Å². The first-order valence-electron chi connectivity index (χ1n) is 8.69. The van der Waals surface area contributed by atoms with Gasteiger partial charge in [0.05, 0.1) is 5.56 Å². The van der Waals surface area contributed by atoms with Gasteiger partial charge in [0, 0.05) is 12.1 Å². The first kappa shape index (κ1) is 18.9. The number of carbonyl (C=O) groups excluding carboxylic acids is 1. The van der Waals surface area contributed by atoms with Crippen molar-refractivity contribution < 1.29 is 31.9 Å². The number of hydrogen-bond donors (Lipinski definition) is 1. The fourth-order valence-corrected chi connectivity index (χ4v) is 2.92. The zero-order valence-corrected chi connectivity index (χ0v) is 15.0. The second-order valence-electron chi connectivity index (χ2n) is 6.27. The molecule has 2 aromatic carbocycles. The van der Waals surface area contributed by atoms with E-state index in [-0.39, 0.29) is 18.0 Å². The number of benzene rings is 2. The number of oxazole rings is 1. The third kappa shape index (κ3) is 4.03. The van der Waals surface area contributed by atoms with Crippen LogP contribution < -0.4 is 14.8 Å². The molecule has 1 amide bonds. The van der Waals surface area contributed by atoms with Crippen LogP contribution in [-0.2, 0) is 12.7 Å². The average molecular weight is 404 g/mol. The largest absolute Gasteiger partial charge is 0.486 e. The molecule has 0 saturated heterocycles. The van der Waals surface area contributed by atoms with Crippen molar-refractivity contribution in [2.24, 2.45) is 0 Å². The maximum atomic E-state index is 12.8. The lowest BCUT2D eigenvalue weighted by molar-refractivity contribution is -0.137. The molecule has 0 aliphatic carbocycles. The molecule has 150 valence electrons. The Hall–Kier alpha value is -3.49. The molecular weight excluding hydrogens is 389 g/mol. The molecule has 0 spiro atoms. The van der Waals surface area contributed by atoms with E-state index in [1.54, 1.807) is 18.2 Å². The number of nitrogens with one attached hydrogen (secondary N) is 1. The summed E-state index contributed by atoms with van der Waals surface area (Å²) >= 11 is 0. The van der Waals surface area contributed by atoms with Crippen molar-refractivity contribution in [1.82, 2.24) is 10.3 Å². The van der Waals surface area contributed by atoms with Gasteiger partial charge in [-0.25, -0.2) is 4.98 Å². The van der Waals surface area contributed by atoms with E-state index in [1.807, 2.05) is 0 Å². The Bertz CT molecular complexity index is 1050. The standard InChI is InChI=1S/C20H15F3N2O4/c21-20(22,23)14-3-1-2-12(8-14)10-24-19(26)17-18(29-11-25-17)13-4-5-15-16(9-13)28-7-6-27-15/h1-5,8-9,11H,6-7,10H2,(H,24,26). The maximum Gasteiger partial charge on any atom is 0.416 e. The van der Waals surface area contributed by atoms with Crippen LogP contribution in [-0.4, -0.2) is 24.1 Å². The maximum absolute atomic E-state index is 12.8. The molecule has 6 nitrogen and oxygen atoms in total. The van der Waals surface area contributed by atoms with Crippen LogP contribution in [0, 0.1) is 0 Å². The number of ether oxygens (including phenoxy) is 2. The number of halogens is 3. The van der Waals surface area contributed by atoms with Crippen LogP contribution in [0.1, 0.15) is 21.6 Å². The molecule has 1 aliphatic heterocycles. The molecule has 0 unspecified atom stereocenters. The lowest BCUT2D eigenvalue weighted by Gasteiger charge is -2.18. The fourth-order valence-electron chi connectivity index (χ4n) is 2.92. The number of aromatic nitrogens is 1. The van der Waals surface area contributed by atoms with Crippen LogP contribution in [0.5, 0.6) is 11.5 Å². The second-order valence-corrected chi connectivity index (χ2v) is 6.27. The Labute approximate surface area is 163 Å². The summed E-state index contributed by atoms with van der Waals surface area (Å²) in [5, 5.41) is 2.57. The van der Waals surface area contributed by atoms with Crippen molar-refractivity contribution in [3.05, 3.63) is 65.7 Å². The summed E-state index contributed by atoms with van der Waals surface area (Å²) in [7, 11) is 0. The molecule has 0 radical (unpaired) electrons. The van der Waals surface area contributed by atoms with E-state index < -0.39 is 17.6 Å². The summed E-state index contributed by atoms with van der Waals surface area (Å²) < 4.78 is 54.8. The van der Waals surface area contributed by atoms with Crippen LogP contribution in [0.2, 0.25) is 0 Å². The lowest BCUT2D eigenvalue weighted by atomic mass is 10.1. The Balaban J connectivity index is 1.51. The quantitative estimate of drug-likeness (QED) is 0.710. The van der Waals surface area contributed by atoms with Gasteiger partial charge in [-0.15, -0.1) is 0 Å². The summed E-state index contributed by atoms with van der Waals surface area (Å²) in [6, 6.07) is 9.85. The lowest BCUT2D eigenvalue weighted by Crippen LogP contribution is -2.24. The van der Waals surface area contributed by atoms with Gasteiger partial charge < -0.3 is 19.2 Å². The SMILES string of the molecule is O=C(NCc1cccc(C(F)(F)F)c1)c1ncoc1-c1ccc2c(c1)OCCO2. The van der Waals surface area contributed by atoms with Gasteiger partial charge in [0.25, 0.3) is 5.91 Å². The van der Waals surface area contributed by atoms with E-state index >= 15 is 0 Å². The predicted octanol–water partition coefficient (Wildman–Crippen LogP) is 4.06. The summed E-state index contributed by atoms with van der Waals surface area (Å²) in [5.74, 6) is 0.778. The number of carbonyl (C=O) groups is 1. The molecule has 0 atom stereocenters. The van der Waals surface area contributed by atoms with Crippen LogP contribution in [0.4, 0.5) is 13.2 Å². The summed E-state index contributed by atoms with van der Waals surface area (Å²) in [5.41, 5.74) is 0.129. The van der Waals surface area contributed by atoms with Gasteiger partial charge in [-0.1, -0.05) is 12.1 Å². The van der Waals surface area contributed by atoms with Gasteiger partial charge in [0.2, 0.25) is 0 Å². The monoisotopic (exact) mass is 404 g/mol. The van der Waals surface area contributed by atoms with Crippen molar-refractivity contribution >= 4 is 5.91 Å². The minimum absolute atomic E-state index is 0.0219. The molecule has 9 heteroatoms. The van der Waals surface area contributed by atoms with E-state index in [0.29, 0.717) is 35.8 Å². The number of hydrogen-bond acceptors (Lipinski definition) is 5.